The van der Waals surface area contributed by atoms with Gasteiger partial charge in [-0.05, 0) is 29.7 Å². The van der Waals surface area contributed by atoms with Crippen molar-refractivity contribution >= 4 is 11.8 Å². The lowest BCUT2D eigenvalue weighted by molar-refractivity contribution is 0.0949. The summed E-state index contributed by atoms with van der Waals surface area (Å²) >= 11 is 0. The fourth-order valence-corrected chi connectivity index (χ4v) is 3.12. The zero-order valence-electron chi connectivity index (χ0n) is 16.9. The molecule has 2 amide bonds. The Hall–Kier alpha value is -3.58. The summed E-state index contributed by atoms with van der Waals surface area (Å²) in [5, 5.41) is 2.93. The van der Waals surface area contributed by atoms with Gasteiger partial charge in [-0.25, -0.2) is 4.98 Å². The Labute approximate surface area is 175 Å². The number of aromatic nitrogens is 2. The van der Waals surface area contributed by atoms with Crippen LogP contribution >= 0.6 is 0 Å². The summed E-state index contributed by atoms with van der Waals surface area (Å²) in [4.78, 5) is 32.7. The number of hydrogen-bond donors (Lipinski definition) is 3. The molecule has 7 heteroatoms. The Kier molecular flexibility index (Phi) is 6.87. The van der Waals surface area contributed by atoms with Crippen molar-refractivity contribution in [2.45, 2.75) is 32.9 Å². The van der Waals surface area contributed by atoms with Crippen LogP contribution in [0.25, 0.3) is 11.3 Å². The van der Waals surface area contributed by atoms with Gasteiger partial charge in [0.05, 0.1) is 17.6 Å². The molecule has 154 valence electrons. The van der Waals surface area contributed by atoms with Gasteiger partial charge in [0.25, 0.3) is 11.8 Å². The highest BCUT2D eigenvalue weighted by Gasteiger charge is 2.14. The van der Waals surface area contributed by atoms with E-state index < -0.39 is 5.91 Å². The van der Waals surface area contributed by atoms with Gasteiger partial charge in [0.1, 0.15) is 0 Å². The van der Waals surface area contributed by atoms with Crippen molar-refractivity contribution < 1.29 is 9.59 Å². The van der Waals surface area contributed by atoms with Crippen molar-refractivity contribution in [2.75, 3.05) is 0 Å². The zero-order valence-corrected chi connectivity index (χ0v) is 16.9. The van der Waals surface area contributed by atoms with Gasteiger partial charge in [0.2, 0.25) is 0 Å². The van der Waals surface area contributed by atoms with E-state index in [-0.39, 0.29) is 18.1 Å². The van der Waals surface area contributed by atoms with Crippen molar-refractivity contribution in [3.8, 4) is 11.3 Å². The maximum atomic E-state index is 12.6. The third kappa shape index (κ3) is 5.07. The molecule has 0 atom stereocenters. The quantitative estimate of drug-likeness (QED) is 0.533. The molecule has 3 rings (SSSR count). The van der Waals surface area contributed by atoms with Gasteiger partial charge in [0.15, 0.2) is 5.69 Å². The largest absolute Gasteiger partial charge is 0.364 e. The van der Waals surface area contributed by atoms with Crippen LogP contribution in [0, 0.1) is 0 Å². The van der Waals surface area contributed by atoms with Crippen molar-refractivity contribution in [2.24, 2.45) is 11.5 Å². The summed E-state index contributed by atoms with van der Waals surface area (Å²) in [6.45, 7) is 2.65. The SMILES string of the molecule is CCCc1ccc(CNC(=O)c2cccc(-c3cnc(CN)c(C(N)=O)n3)c2)cc1. The Morgan fingerprint density at radius 3 is 2.47 bits per heavy atom. The second-order valence-electron chi connectivity index (χ2n) is 6.95. The molecule has 1 aromatic heterocycles. The predicted molar refractivity (Wildman–Crippen MR) is 115 cm³/mol. The van der Waals surface area contributed by atoms with Gasteiger partial charge >= 0.3 is 0 Å². The molecule has 7 nitrogen and oxygen atoms in total. The van der Waals surface area contributed by atoms with Crippen LogP contribution in [0.15, 0.2) is 54.7 Å². The number of nitrogens with zero attached hydrogens (tertiary/aromatic N) is 2. The maximum Gasteiger partial charge on any atom is 0.269 e. The molecule has 0 spiro atoms. The molecule has 0 saturated carbocycles. The Balaban J connectivity index is 1.74. The molecule has 0 aliphatic rings. The Morgan fingerprint density at radius 1 is 1.07 bits per heavy atom. The Morgan fingerprint density at radius 2 is 1.80 bits per heavy atom. The summed E-state index contributed by atoms with van der Waals surface area (Å²) in [5.41, 5.74) is 15.2. The van der Waals surface area contributed by atoms with Crippen molar-refractivity contribution in [3.05, 3.63) is 82.8 Å². The number of carbonyl (C=O) groups excluding carboxylic acids is 2. The van der Waals surface area contributed by atoms with Crippen LogP contribution in [0.5, 0.6) is 0 Å². The third-order valence-electron chi connectivity index (χ3n) is 4.71. The molecule has 0 unspecified atom stereocenters. The highest BCUT2D eigenvalue weighted by molar-refractivity contribution is 5.95. The van der Waals surface area contributed by atoms with Crippen LogP contribution in [0.4, 0.5) is 0 Å². The summed E-state index contributed by atoms with van der Waals surface area (Å²) in [6.07, 6.45) is 3.67. The van der Waals surface area contributed by atoms with Gasteiger partial charge < -0.3 is 16.8 Å². The summed E-state index contributed by atoms with van der Waals surface area (Å²) in [6, 6.07) is 15.2. The second-order valence-corrected chi connectivity index (χ2v) is 6.95. The minimum atomic E-state index is -0.691. The zero-order chi connectivity index (χ0) is 21.5. The third-order valence-corrected chi connectivity index (χ3v) is 4.71. The van der Waals surface area contributed by atoms with Crippen LogP contribution < -0.4 is 16.8 Å². The first kappa shape index (κ1) is 21.1. The number of benzene rings is 2. The topological polar surface area (TPSA) is 124 Å². The predicted octanol–water partition coefficient (Wildman–Crippen LogP) is 2.58. The maximum absolute atomic E-state index is 12.6. The number of aryl methyl sites for hydroxylation is 1. The molecule has 0 fully saturated rings. The lowest BCUT2D eigenvalue weighted by Crippen LogP contribution is -2.22. The number of hydrogen-bond acceptors (Lipinski definition) is 5. The van der Waals surface area contributed by atoms with Crippen LogP contribution in [-0.4, -0.2) is 21.8 Å². The van der Waals surface area contributed by atoms with E-state index in [1.165, 1.54) is 11.8 Å². The van der Waals surface area contributed by atoms with Gasteiger partial charge in [-0.3, -0.25) is 14.6 Å². The summed E-state index contributed by atoms with van der Waals surface area (Å²) in [5.74, 6) is -0.889. The summed E-state index contributed by atoms with van der Waals surface area (Å²) < 4.78 is 0. The molecule has 0 aliphatic carbocycles. The highest BCUT2D eigenvalue weighted by atomic mass is 16.2. The average molecular weight is 403 g/mol. The summed E-state index contributed by atoms with van der Waals surface area (Å²) in [7, 11) is 0. The number of nitrogens with one attached hydrogen (secondary N) is 1. The average Bonchev–Trinajstić information content (AvgIpc) is 2.78. The molecule has 5 N–H and O–H groups in total. The van der Waals surface area contributed by atoms with E-state index in [0.29, 0.717) is 29.1 Å². The molecule has 0 saturated heterocycles. The monoisotopic (exact) mass is 403 g/mol. The smallest absolute Gasteiger partial charge is 0.269 e. The molecule has 30 heavy (non-hydrogen) atoms. The van der Waals surface area contributed by atoms with Crippen LogP contribution in [-0.2, 0) is 19.5 Å². The molecule has 0 aliphatic heterocycles. The Bertz CT molecular complexity index is 1050. The normalized spacial score (nSPS) is 10.6. The minimum absolute atomic E-state index is 0.0383. The van der Waals surface area contributed by atoms with Crippen molar-refractivity contribution in [1.29, 1.82) is 0 Å². The number of carbonyl (C=O) groups is 2. The second kappa shape index (κ2) is 9.76. The molecule has 0 radical (unpaired) electrons. The number of amides is 2. The minimum Gasteiger partial charge on any atom is -0.364 e. The standard InChI is InChI=1S/C23H25N5O2/c1-2-4-15-7-9-16(10-8-15)13-27-23(30)18-6-3-5-17(11-18)20-14-26-19(12-24)21(28-20)22(25)29/h3,5-11,14H,2,4,12-13,24H2,1H3,(H2,25,29)(H,27,30). The fourth-order valence-electron chi connectivity index (χ4n) is 3.12. The molecular weight excluding hydrogens is 378 g/mol. The lowest BCUT2D eigenvalue weighted by atomic mass is 10.1. The molecule has 1 heterocycles. The van der Waals surface area contributed by atoms with E-state index in [2.05, 4.69) is 34.3 Å². The number of primary amides is 1. The lowest BCUT2D eigenvalue weighted by Gasteiger charge is -2.09. The van der Waals surface area contributed by atoms with Crippen molar-refractivity contribution in [3.63, 3.8) is 0 Å². The highest BCUT2D eigenvalue weighted by Crippen LogP contribution is 2.19. The van der Waals surface area contributed by atoms with E-state index in [1.54, 1.807) is 24.3 Å². The first-order valence-corrected chi connectivity index (χ1v) is 9.84. The van der Waals surface area contributed by atoms with Gasteiger partial charge in [0, 0.05) is 24.2 Å². The van der Waals surface area contributed by atoms with E-state index in [9.17, 15) is 9.59 Å². The van der Waals surface area contributed by atoms with Crippen LogP contribution in [0.2, 0.25) is 0 Å². The van der Waals surface area contributed by atoms with Gasteiger partial charge in [-0.2, -0.15) is 0 Å². The molecule has 2 aromatic carbocycles. The molecular formula is C23H25N5O2. The van der Waals surface area contributed by atoms with E-state index in [4.69, 9.17) is 11.5 Å². The van der Waals surface area contributed by atoms with Crippen molar-refractivity contribution in [1.82, 2.24) is 15.3 Å². The molecule has 3 aromatic rings. The van der Waals surface area contributed by atoms with Crippen LogP contribution in [0.1, 0.15) is 51.0 Å². The number of rotatable bonds is 8. The number of nitrogens with two attached hydrogens (primary N) is 2. The van der Waals surface area contributed by atoms with E-state index >= 15 is 0 Å². The van der Waals surface area contributed by atoms with Gasteiger partial charge in [-0.1, -0.05) is 49.7 Å². The molecule has 0 bridgehead atoms. The van der Waals surface area contributed by atoms with Gasteiger partial charge in [-0.15, -0.1) is 0 Å². The first-order chi connectivity index (χ1) is 14.5. The fraction of sp³-hybridized carbons (Fsp3) is 0.217. The van der Waals surface area contributed by atoms with E-state index in [1.807, 2.05) is 12.1 Å². The van der Waals surface area contributed by atoms with E-state index in [0.717, 1.165) is 18.4 Å². The first-order valence-electron chi connectivity index (χ1n) is 9.84. The van der Waals surface area contributed by atoms with Crippen LogP contribution in [0.3, 0.4) is 0 Å².